The average Bonchev–Trinajstić information content (AvgIpc) is 2.59. The molecule has 1 saturated heterocycles. The number of nitrogens with one attached hydrogen (secondary N) is 2. The van der Waals surface area contributed by atoms with Gasteiger partial charge in [0.25, 0.3) is 5.91 Å². The van der Waals surface area contributed by atoms with Crippen LogP contribution in [0.2, 0.25) is 0 Å². The number of amides is 3. The molecule has 1 fully saturated rings. The van der Waals surface area contributed by atoms with Crippen molar-refractivity contribution < 1.29 is 14.3 Å². The number of ether oxygens (including phenoxy) is 1. The van der Waals surface area contributed by atoms with Gasteiger partial charge in [0.2, 0.25) is 0 Å². The Hall–Kier alpha value is -2.30. The number of rotatable bonds is 3. The van der Waals surface area contributed by atoms with Gasteiger partial charge in [-0.1, -0.05) is 12.1 Å². The van der Waals surface area contributed by atoms with Crippen molar-refractivity contribution in [1.29, 1.82) is 0 Å². The molecular weight excluding hydrogens is 232 g/mol. The number of benzene rings is 1. The molecule has 0 atom stereocenters. The molecule has 94 valence electrons. The van der Waals surface area contributed by atoms with Crippen LogP contribution < -0.4 is 15.4 Å². The van der Waals surface area contributed by atoms with E-state index in [9.17, 15) is 9.59 Å². The first-order valence-corrected chi connectivity index (χ1v) is 5.65. The van der Waals surface area contributed by atoms with Crippen LogP contribution in [0, 0.1) is 0 Å². The normalized spacial score (nSPS) is 16.9. The molecule has 0 aliphatic carbocycles. The molecule has 0 radical (unpaired) electrons. The highest BCUT2D eigenvalue weighted by atomic mass is 16.5. The second kappa shape index (κ2) is 4.91. The van der Waals surface area contributed by atoms with E-state index in [1.807, 2.05) is 38.1 Å². The zero-order valence-electron chi connectivity index (χ0n) is 10.2. The van der Waals surface area contributed by atoms with Gasteiger partial charge in [0.15, 0.2) is 0 Å². The van der Waals surface area contributed by atoms with E-state index in [0.29, 0.717) is 0 Å². The molecule has 1 aliphatic heterocycles. The third kappa shape index (κ3) is 2.88. The summed E-state index contributed by atoms with van der Waals surface area (Å²) in [5, 5.41) is 4.57. The van der Waals surface area contributed by atoms with Crippen LogP contribution in [0.1, 0.15) is 19.4 Å². The largest absolute Gasteiger partial charge is 0.491 e. The molecule has 0 spiro atoms. The van der Waals surface area contributed by atoms with Gasteiger partial charge in [0.05, 0.1) is 6.10 Å². The van der Waals surface area contributed by atoms with Gasteiger partial charge in [-0.15, -0.1) is 0 Å². The first kappa shape index (κ1) is 12.2. The predicted molar refractivity (Wildman–Crippen MR) is 66.9 cm³/mol. The fourth-order valence-corrected chi connectivity index (χ4v) is 1.56. The van der Waals surface area contributed by atoms with Crippen LogP contribution in [0.5, 0.6) is 5.75 Å². The highest BCUT2D eigenvalue weighted by Crippen LogP contribution is 2.16. The summed E-state index contributed by atoms with van der Waals surface area (Å²) < 4.78 is 5.51. The molecule has 0 aromatic heterocycles. The van der Waals surface area contributed by atoms with Crippen LogP contribution in [-0.2, 0) is 4.79 Å². The third-order valence-corrected chi connectivity index (χ3v) is 2.28. The van der Waals surface area contributed by atoms with Gasteiger partial charge in [0, 0.05) is 0 Å². The summed E-state index contributed by atoms with van der Waals surface area (Å²) >= 11 is 0. The van der Waals surface area contributed by atoms with Crippen molar-refractivity contribution in [2.24, 2.45) is 0 Å². The second-order valence-corrected chi connectivity index (χ2v) is 4.20. The number of urea groups is 1. The molecule has 1 aromatic carbocycles. The highest BCUT2D eigenvalue weighted by molar-refractivity contribution is 6.13. The Labute approximate surface area is 105 Å². The van der Waals surface area contributed by atoms with Crippen molar-refractivity contribution in [2.45, 2.75) is 20.0 Å². The molecule has 0 unspecified atom stereocenters. The molecule has 18 heavy (non-hydrogen) atoms. The molecule has 1 aliphatic rings. The van der Waals surface area contributed by atoms with Crippen molar-refractivity contribution in [1.82, 2.24) is 10.6 Å². The molecule has 2 N–H and O–H groups in total. The second-order valence-electron chi connectivity index (χ2n) is 4.20. The summed E-state index contributed by atoms with van der Waals surface area (Å²) in [6.45, 7) is 3.91. The van der Waals surface area contributed by atoms with Gasteiger partial charge in [-0.3, -0.25) is 10.1 Å². The van der Waals surface area contributed by atoms with Crippen LogP contribution >= 0.6 is 0 Å². The molecule has 5 heteroatoms. The maximum absolute atomic E-state index is 11.3. The van der Waals surface area contributed by atoms with Gasteiger partial charge in [-0.2, -0.15) is 0 Å². The summed E-state index contributed by atoms with van der Waals surface area (Å²) in [4.78, 5) is 22.2. The minimum atomic E-state index is -0.494. The monoisotopic (exact) mass is 246 g/mol. The van der Waals surface area contributed by atoms with E-state index in [2.05, 4.69) is 10.6 Å². The lowest BCUT2D eigenvalue weighted by atomic mass is 10.2. The Balaban J connectivity index is 2.13. The fraction of sp³-hybridized carbons (Fsp3) is 0.231. The van der Waals surface area contributed by atoms with Crippen LogP contribution in [0.15, 0.2) is 30.0 Å². The summed E-state index contributed by atoms with van der Waals surface area (Å²) in [5.74, 6) is 0.356. The predicted octanol–water partition coefficient (Wildman–Crippen LogP) is 1.65. The molecule has 3 amide bonds. The van der Waals surface area contributed by atoms with Gasteiger partial charge in [-0.25, -0.2) is 4.79 Å². The van der Waals surface area contributed by atoms with Crippen LogP contribution in [0.25, 0.3) is 6.08 Å². The van der Waals surface area contributed by atoms with E-state index < -0.39 is 11.9 Å². The maximum Gasteiger partial charge on any atom is 0.326 e. The summed E-state index contributed by atoms with van der Waals surface area (Å²) in [7, 11) is 0. The lowest BCUT2D eigenvalue weighted by Gasteiger charge is -2.09. The molecule has 0 saturated carbocycles. The highest BCUT2D eigenvalue weighted by Gasteiger charge is 2.22. The Bertz CT molecular complexity index is 503. The van der Waals surface area contributed by atoms with Crippen molar-refractivity contribution in [3.8, 4) is 5.75 Å². The van der Waals surface area contributed by atoms with Gasteiger partial charge in [-0.05, 0) is 37.6 Å². The topological polar surface area (TPSA) is 67.4 Å². The number of imide groups is 1. The van der Waals surface area contributed by atoms with Crippen molar-refractivity contribution in [2.75, 3.05) is 0 Å². The smallest absolute Gasteiger partial charge is 0.326 e. The van der Waals surface area contributed by atoms with Gasteiger partial charge >= 0.3 is 6.03 Å². The van der Waals surface area contributed by atoms with E-state index in [-0.39, 0.29) is 11.8 Å². The van der Waals surface area contributed by atoms with Crippen LogP contribution in [0.4, 0.5) is 4.79 Å². The molecule has 5 nitrogen and oxygen atoms in total. The van der Waals surface area contributed by atoms with Crippen LogP contribution in [0.3, 0.4) is 0 Å². The Morgan fingerprint density at radius 3 is 2.28 bits per heavy atom. The fourth-order valence-electron chi connectivity index (χ4n) is 1.56. The Morgan fingerprint density at radius 1 is 1.11 bits per heavy atom. The third-order valence-electron chi connectivity index (χ3n) is 2.28. The van der Waals surface area contributed by atoms with E-state index in [4.69, 9.17) is 4.74 Å². The first-order chi connectivity index (χ1) is 8.54. The standard InChI is InChI=1S/C13H14N2O3/c1-8(2)18-10-5-3-9(4-6-10)7-11-12(16)15-13(17)14-11/h3-8H,1-2H3,(H2,14,15,16,17)/b11-7-. The van der Waals surface area contributed by atoms with E-state index >= 15 is 0 Å². The van der Waals surface area contributed by atoms with Crippen molar-refractivity contribution in [3.63, 3.8) is 0 Å². The molecule has 0 bridgehead atoms. The van der Waals surface area contributed by atoms with Crippen molar-refractivity contribution >= 4 is 18.0 Å². The average molecular weight is 246 g/mol. The number of hydrogen-bond donors (Lipinski definition) is 2. The maximum atomic E-state index is 11.3. The quantitative estimate of drug-likeness (QED) is 0.629. The number of carbonyl (C=O) groups excluding carboxylic acids is 2. The van der Waals surface area contributed by atoms with Crippen molar-refractivity contribution in [3.05, 3.63) is 35.5 Å². The Morgan fingerprint density at radius 2 is 1.78 bits per heavy atom. The minimum Gasteiger partial charge on any atom is -0.491 e. The zero-order chi connectivity index (χ0) is 13.1. The van der Waals surface area contributed by atoms with E-state index in [0.717, 1.165) is 11.3 Å². The Kier molecular flexibility index (Phi) is 3.32. The summed E-state index contributed by atoms with van der Waals surface area (Å²) in [5.41, 5.74) is 1.07. The SMILES string of the molecule is CC(C)Oc1ccc(/C=C2\NC(=O)NC2=O)cc1. The lowest BCUT2D eigenvalue weighted by Crippen LogP contribution is -2.22. The number of carbonyl (C=O) groups is 2. The van der Waals surface area contributed by atoms with E-state index in [1.54, 1.807) is 6.08 Å². The minimum absolute atomic E-state index is 0.120. The molecule has 1 aromatic rings. The summed E-state index contributed by atoms with van der Waals surface area (Å²) in [6.07, 6.45) is 1.73. The molecule has 2 rings (SSSR count). The summed E-state index contributed by atoms with van der Waals surface area (Å²) in [6, 6.07) is 6.79. The van der Waals surface area contributed by atoms with Gasteiger partial charge in [0.1, 0.15) is 11.4 Å². The molecule has 1 heterocycles. The van der Waals surface area contributed by atoms with E-state index in [1.165, 1.54) is 0 Å². The zero-order valence-corrected chi connectivity index (χ0v) is 10.2. The lowest BCUT2D eigenvalue weighted by molar-refractivity contribution is -0.115. The number of hydrogen-bond acceptors (Lipinski definition) is 3. The first-order valence-electron chi connectivity index (χ1n) is 5.65. The van der Waals surface area contributed by atoms with Crippen LogP contribution in [-0.4, -0.2) is 18.0 Å². The van der Waals surface area contributed by atoms with Gasteiger partial charge < -0.3 is 10.1 Å². The molecular formula is C13H14N2O3.